The quantitative estimate of drug-likeness (QED) is 0.164. The van der Waals surface area contributed by atoms with Gasteiger partial charge in [0.25, 0.3) is 0 Å². The normalized spacial score (nSPS) is 17.6. The first-order valence-corrected chi connectivity index (χ1v) is 15.9. The van der Waals surface area contributed by atoms with Crippen molar-refractivity contribution in [3.8, 4) is 5.75 Å². The van der Waals surface area contributed by atoms with Gasteiger partial charge in [-0.2, -0.15) is 0 Å². The van der Waals surface area contributed by atoms with Gasteiger partial charge in [0.2, 0.25) is 24.2 Å². The molecule has 1 aromatic heterocycles. The molecule has 2 aliphatic heterocycles. The van der Waals surface area contributed by atoms with Crippen LogP contribution in [-0.4, -0.2) is 70.3 Å². The average Bonchev–Trinajstić information content (AvgIpc) is 3.04. The van der Waals surface area contributed by atoms with Crippen LogP contribution in [0.4, 0.5) is 5.95 Å². The summed E-state index contributed by atoms with van der Waals surface area (Å²) in [4.78, 5) is 48.5. The van der Waals surface area contributed by atoms with Gasteiger partial charge < -0.3 is 15.0 Å². The number of aryl methyl sites for hydroxylation is 1. The first-order valence-electron chi connectivity index (χ1n) is 15.9. The smallest absolute Gasteiger partial charge is 0.249 e. The minimum Gasteiger partial charge on any atom is -0.492 e. The number of anilines is 1. The van der Waals surface area contributed by atoms with Crippen LogP contribution in [0.1, 0.15) is 79.2 Å². The summed E-state index contributed by atoms with van der Waals surface area (Å²) in [5.74, 6) is 1.64. The van der Waals surface area contributed by atoms with E-state index in [1.807, 2.05) is 31.5 Å². The minimum absolute atomic E-state index is 0.249. The Labute approximate surface area is 265 Å². The van der Waals surface area contributed by atoms with E-state index in [0.717, 1.165) is 61.3 Å². The summed E-state index contributed by atoms with van der Waals surface area (Å²) in [6.07, 6.45) is 7.17. The predicted octanol–water partition coefficient (Wildman–Crippen LogP) is 4.54. The van der Waals surface area contributed by atoms with E-state index in [1.54, 1.807) is 0 Å². The van der Waals surface area contributed by atoms with Crippen molar-refractivity contribution in [2.24, 2.45) is 0 Å². The van der Waals surface area contributed by atoms with Gasteiger partial charge in [0.05, 0.1) is 6.54 Å². The zero-order chi connectivity index (χ0) is 31.8. The van der Waals surface area contributed by atoms with Gasteiger partial charge in [0, 0.05) is 31.9 Å². The number of likely N-dealkylation sites (tertiary alicyclic amines) is 1. The number of carbonyl (C=O) groups is 3. The van der Waals surface area contributed by atoms with Crippen LogP contribution in [-0.2, 0) is 27.5 Å². The van der Waals surface area contributed by atoms with Gasteiger partial charge in [-0.25, -0.2) is 9.97 Å². The molecule has 2 fully saturated rings. The van der Waals surface area contributed by atoms with Crippen molar-refractivity contribution in [2.75, 3.05) is 31.6 Å². The van der Waals surface area contributed by atoms with Crippen LogP contribution in [0.25, 0.3) is 0 Å². The Bertz CT molecular complexity index is 1450. The van der Waals surface area contributed by atoms with Gasteiger partial charge in [-0.15, -0.1) is 0 Å². The molecular formula is C35H44N6O4. The highest BCUT2D eigenvalue weighted by Crippen LogP contribution is 2.31. The summed E-state index contributed by atoms with van der Waals surface area (Å²) >= 11 is 0. The molecule has 3 aromatic rings. The molecule has 238 valence electrons. The van der Waals surface area contributed by atoms with E-state index in [1.165, 1.54) is 16.0 Å². The summed E-state index contributed by atoms with van der Waals surface area (Å²) in [5.41, 5.74) is 5.79. The maximum absolute atomic E-state index is 12.3. The Morgan fingerprint density at radius 1 is 1.07 bits per heavy atom. The Morgan fingerprint density at radius 2 is 1.80 bits per heavy atom. The second-order valence-electron chi connectivity index (χ2n) is 12.4. The van der Waals surface area contributed by atoms with Crippen molar-refractivity contribution in [1.29, 1.82) is 0 Å². The van der Waals surface area contributed by atoms with Crippen molar-refractivity contribution in [3.63, 3.8) is 0 Å². The monoisotopic (exact) mass is 612 g/mol. The summed E-state index contributed by atoms with van der Waals surface area (Å²) in [7, 11) is 0. The molecule has 0 aliphatic carbocycles. The van der Waals surface area contributed by atoms with Crippen molar-refractivity contribution in [2.45, 2.75) is 77.4 Å². The Morgan fingerprint density at radius 3 is 2.47 bits per heavy atom. The number of nitrogens with one attached hydrogen (secondary N) is 2. The third kappa shape index (κ3) is 8.66. The Hall–Kier alpha value is -4.31. The Balaban J connectivity index is 1.06. The molecule has 0 bridgehead atoms. The highest BCUT2D eigenvalue weighted by atomic mass is 16.5. The molecule has 2 aliphatic rings. The second-order valence-corrected chi connectivity index (χ2v) is 12.4. The van der Waals surface area contributed by atoms with Gasteiger partial charge in [-0.1, -0.05) is 44.2 Å². The number of amides is 3. The number of ether oxygens (including phenoxy) is 1. The standard InChI is InChI=1S/C35H44N6O4/c1-24(2)30-19-37-35(38-20-30)36-14-17-45-31-8-5-26(6-9-31)21-40-15-12-27(13-16-40)28-7-4-25(3)29(18-28)22-41(23-42)32-10-11-33(43)39-34(32)44/h4-9,18-20,23-24,27,32H,10-17,21-22H2,1-3H3,(H,36,37,38)(H,39,43,44). The van der Waals surface area contributed by atoms with Crippen molar-refractivity contribution < 1.29 is 19.1 Å². The number of hydrogen-bond donors (Lipinski definition) is 2. The van der Waals surface area contributed by atoms with Crippen LogP contribution >= 0.6 is 0 Å². The van der Waals surface area contributed by atoms with Crippen LogP contribution in [0.3, 0.4) is 0 Å². The fourth-order valence-corrected chi connectivity index (χ4v) is 5.96. The maximum Gasteiger partial charge on any atom is 0.249 e. The van der Waals surface area contributed by atoms with E-state index >= 15 is 0 Å². The van der Waals surface area contributed by atoms with Crippen molar-refractivity contribution in [1.82, 2.24) is 25.1 Å². The molecule has 3 heterocycles. The molecule has 2 N–H and O–H groups in total. The lowest BCUT2D eigenvalue weighted by molar-refractivity contribution is -0.141. The summed E-state index contributed by atoms with van der Waals surface area (Å²) in [6.45, 7) is 10.7. The number of aromatic nitrogens is 2. The van der Waals surface area contributed by atoms with Crippen LogP contribution in [0.5, 0.6) is 5.75 Å². The molecule has 10 nitrogen and oxygen atoms in total. The molecule has 1 atom stereocenters. The van der Waals surface area contributed by atoms with E-state index in [0.29, 0.717) is 43.9 Å². The number of imide groups is 1. The fraction of sp³-hybridized carbons (Fsp3) is 0.457. The van der Waals surface area contributed by atoms with Crippen LogP contribution in [0.15, 0.2) is 54.9 Å². The fourth-order valence-electron chi connectivity index (χ4n) is 5.96. The van der Waals surface area contributed by atoms with Gasteiger partial charge >= 0.3 is 0 Å². The van der Waals surface area contributed by atoms with Crippen LogP contribution in [0, 0.1) is 6.92 Å². The molecule has 1 unspecified atom stereocenters. The molecule has 10 heteroatoms. The molecule has 3 amide bonds. The van der Waals surface area contributed by atoms with Gasteiger partial charge in [-0.3, -0.25) is 24.6 Å². The topological polar surface area (TPSA) is 117 Å². The molecule has 5 rings (SSSR count). The molecule has 2 aromatic carbocycles. The van der Waals surface area contributed by atoms with E-state index in [9.17, 15) is 14.4 Å². The molecule has 0 radical (unpaired) electrons. The van der Waals surface area contributed by atoms with Crippen molar-refractivity contribution in [3.05, 3.63) is 82.7 Å². The number of piperidine rings is 2. The average molecular weight is 613 g/mol. The van der Waals surface area contributed by atoms with Crippen molar-refractivity contribution >= 4 is 24.2 Å². The Kier molecular flexibility index (Phi) is 10.8. The number of hydrogen-bond acceptors (Lipinski definition) is 8. The number of benzene rings is 2. The van der Waals surface area contributed by atoms with E-state index in [2.05, 4.69) is 69.7 Å². The summed E-state index contributed by atoms with van der Waals surface area (Å²) in [5, 5.41) is 5.56. The molecule has 45 heavy (non-hydrogen) atoms. The molecule has 0 saturated carbocycles. The van der Waals surface area contributed by atoms with Gasteiger partial charge in [0.15, 0.2) is 0 Å². The third-order valence-corrected chi connectivity index (χ3v) is 8.85. The summed E-state index contributed by atoms with van der Waals surface area (Å²) < 4.78 is 5.90. The van der Waals surface area contributed by atoms with Gasteiger partial charge in [-0.05, 0) is 91.1 Å². The number of carbonyl (C=O) groups excluding carboxylic acids is 3. The van der Waals surface area contributed by atoms with E-state index < -0.39 is 11.9 Å². The lowest BCUT2D eigenvalue weighted by atomic mass is 9.87. The first kappa shape index (κ1) is 32.1. The number of rotatable bonds is 13. The first-order chi connectivity index (χ1) is 21.8. The summed E-state index contributed by atoms with van der Waals surface area (Å²) in [6, 6.07) is 14.2. The van der Waals surface area contributed by atoms with Gasteiger partial charge in [0.1, 0.15) is 18.4 Å². The SMILES string of the molecule is Cc1ccc(C2CCN(Cc3ccc(OCCNc4ncc(C(C)C)cn4)cc3)CC2)cc1CN(C=O)C1CCC(=O)NC1=O. The van der Waals surface area contributed by atoms with Crippen LogP contribution < -0.4 is 15.4 Å². The second kappa shape index (κ2) is 15.1. The third-order valence-electron chi connectivity index (χ3n) is 8.85. The maximum atomic E-state index is 12.3. The highest BCUT2D eigenvalue weighted by molar-refractivity contribution is 6.00. The zero-order valence-electron chi connectivity index (χ0n) is 26.5. The molecular weight excluding hydrogens is 568 g/mol. The number of nitrogens with zero attached hydrogens (tertiary/aromatic N) is 4. The lowest BCUT2D eigenvalue weighted by Crippen LogP contribution is -2.51. The van der Waals surface area contributed by atoms with Crippen LogP contribution in [0.2, 0.25) is 0 Å². The minimum atomic E-state index is -0.614. The zero-order valence-corrected chi connectivity index (χ0v) is 26.5. The lowest BCUT2D eigenvalue weighted by Gasteiger charge is -2.33. The van der Waals surface area contributed by atoms with E-state index in [4.69, 9.17) is 4.74 Å². The molecule has 2 saturated heterocycles. The van der Waals surface area contributed by atoms with E-state index in [-0.39, 0.29) is 12.3 Å². The largest absolute Gasteiger partial charge is 0.492 e. The highest BCUT2D eigenvalue weighted by Gasteiger charge is 2.31. The molecule has 0 spiro atoms. The predicted molar refractivity (Wildman–Crippen MR) is 173 cm³/mol.